The second kappa shape index (κ2) is 7.99. The van der Waals surface area contributed by atoms with E-state index in [1.54, 1.807) is 6.07 Å². The molecule has 1 amide bonds. The average molecular weight is 326 g/mol. The third-order valence-electron chi connectivity index (χ3n) is 4.49. The molecule has 2 atom stereocenters. The molecular weight excluding hydrogens is 304 g/mol. The van der Waals surface area contributed by atoms with Crippen LogP contribution in [0.2, 0.25) is 0 Å². The summed E-state index contributed by atoms with van der Waals surface area (Å²) in [5, 5.41) is 20.1. The molecule has 0 bridgehead atoms. The molecule has 0 unspecified atom stereocenters. The number of aliphatic hydroxyl groups excluding tert-OH is 1. The lowest BCUT2D eigenvalue weighted by Crippen LogP contribution is -2.53. The predicted molar refractivity (Wildman–Crippen MR) is 90.2 cm³/mol. The molecule has 1 aromatic heterocycles. The van der Waals surface area contributed by atoms with Gasteiger partial charge in [0.15, 0.2) is 0 Å². The fourth-order valence-corrected chi connectivity index (χ4v) is 3.11. The number of benzene rings is 1. The number of aliphatic hydroxyl groups is 1. The lowest BCUT2D eigenvalue weighted by molar-refractivity contribution is 0.0730. The average Bonchev–Trinajstić information content (AvgIpc) is 2.63. The Labute approximate surface area is 141 Å². The van der Waals surface area contributed by atoms with Crippen molar-refractivity contribution in [1.29, 1.82) is 0 Å². The van der Waals surface area contributed by atoms with Gasteiger partial charge in [0, 0.05) is 31.7 Å². The number of nitrogens with one attached hydrogen (secondary N) is 1. The summed E-state index contributed by atoms with van der Waals surface area (Å²) in [5.74, 6) is -0.0920. The van der Waals surface area contributed by atoms with Crippen molar-refractivity contribution in [3.05, 3.63) is 59.9 Å². The van der Waals surface area contributed by atoms with Crippen LogP contribution in [0.3, 0.4) is 0 Å². The van der Waals surface area contributed by atoms with E-state index in [1.807, 2.05) is 18.2 Å². The predicted octanol–water partition coefficient (Wildman–Crippen LogP) is 1.09. The van der Waals surface area contributed by atoms with Crippen LogP contribution < -0.4 is 5.32 Å². The van der Waals surface area contributed by atoms with E-state index in [0.717, 1.165) is 26.1 Å². The van der Waals surface area contributed by atoms with Crippen LogP contribution in [-0.4, -0.2) is 51.8 Å². The number of carbonyl (C=O) groups is 1. The number of aromatic nitrogens is 2. The van der Waals surface area contributed by atoms with Crippen LogP contribution in [0.5, 0.6) is 0 Å². The van der Waals surface area contributed by atoms with Crippen molar-refractivity contribution in [2.24, 2.45) is 5.92 Å². The molecular formula is C18H22N4O2. The molecule has 2 heterocycles. The molecule has 126 valence electrons. The maximum absolute atomic E-state index is 12.4. The third-order valence-corrected chi connectivity index (χ3v) is 4.49. The van der Waals surface area contributed by atoms with E-state index < -0.39 is 0 Å². The monoisotopic (exact) mass is 326 g/mol. The first-order chi connectivity index (χ1) is 11.8. The quantitative estimate of drug-likeness (QED) is 0.860. The minimum absolute atomic E-state index is 0.0758. The zero-order valence-corrected chi connectivity index (χ0v) is 13.5. The number of nitrogens with zero attached hydrogens (tertiary/aromatic N) is 3. The van der Waals surface area contributed by atoms with Crippen LogP contribution in [-0.2, 0) is 6.54 Å². The minimum Gasteiger partial charge on any atom is -0.396 e. The van der Waals surface area contributed by atoms with Gasteiger partial charge >= 0.3 is 0 Å². The molecule has 0 spiro atoms. The van der Waals surface area contributed by atoms with Gasteiger partial charge in [-0.1, -0.05) is 30.3 Å². The van der Waals surface area contributed by atoms with E-state index in [-0.39, 0.29) is 24.5 Å². The van der Waals surface area contributed by atoms with Gasteiger partial charge in [0.2, 0.25) is 0 Å². The topological polar surface area (TPSA) is 78.4 Å². The molecule has 6 heteroatoms. The Kier molecular flexibility index (Phi) is 5.51. The summed E-state index contributed by atoms with van der Waals surface area (Å²) < 4.78 is 0. The third kappa shape index (κ3) is 4.15. The SMILES string of the molecule is O=C(N[C@@H]1CN(Cc2ccccc2)CC[C@@H]1CO)c1ccnnc1. The summed E-state index contributed by atoms with van der Waals surface area (Å²) in [5.41, 5.74) is 1.74. The molecule has 1 saturated heterocycles. The maximum atomic E-state index is 12.4. The van der Waals surface area contributed by atoms with Crippen LogP contribution in [0.25, 0.3) is 0 Å². The Bertz CT molecular complexity index is 651. The summed E-state index contributed by atoms with van der Waals surface area (Å²) in [6.07, 6.45) is 3.82. The summed E-state index contributed by atoms with van der Waals surface area (Å²) in [4.78, 5) is 14.7. The zero-order chi connectivity index (χ0) is 16.8. The van der Waals surface area contributed by atoms with Crippen LogP contribution >= 0.6 is 0 Å². The van der Waals surface area contributed by atoms with Gasteiger partial charge in [-0.3, -0.25) is 9.69 Å². The van der Waals surface area contributed by atoms with Gasteiger partial charge in [0.05, 0.1) is 18.0 Å². The molecule has 0 radical (unpaired) electrons. The molecule has 6 nitrogen and oxygen atoms in total. The van der Waals surface area contributed by atoms with Gasteiger partial charge in [-0.15, -0.1) is 0 Å². The standard InChI is InChI=1S/C18H22N4O2/c23-13-16-7-9-22(11-14-4-2-1-3-5-14)12-17(16)21-18(24)15-6-8-19-20-10-15/h1-6,8,10,16-17,23H,7,9,11-13H2,(H,21,24)/t16-,17-/m1/s1. The molecule has 2 N–H and O–H groups in total. The molecule has 1 aromatic carbocycles. The second-order valence-electron chi connectivity index (χ2n) is 6.16. The van der Waals surface area contributed by atoms with Gasteiger partial charge in [-0.05, 0) is 24.6 Å². The molecule has 1 fully saturated rings. The summed E-state index contributed by atoms with van der Waals surface area (Å²) in [6, 6.07) is 11.8. The van der Waals surface area contributed by atoms with E-state index in [2.05, 4.69) is 32.5 Å². The van der Waals surface area contributed by atoms with Gasteiger partial charge < -0.3 is 10.4 Å². The van der Waals surface area contributed by atoms with Crippen molar-refractivity contribution in [2.75, 3.05) is 19.7 Å². The molecule has 0 saturated carbocycles. The molecule has 2 aromatic rings. The first-order valence-corrected chi connectivity index (χ1v) is 8.21. The van der Waals surface area contributed by atoms with E-state index in [0.29, 0.717) is 5.56 Å². The lowest BCUT2D eigenvalue weighted by Gasteiger charge is -2.38. The van der Waals surface area contributed by atoms with Crippen LogP contribution in [0.4, 0.5) is 0 Å². The van der Waals surface area contributed by atoms with Crippen molar-refractivity contribution < 1.29 is 9.90 Å². The Morgan fingerprint density at radius 2 is 2.08 bits per heavy atom. The number of rotatable bonds is 5. The van der Waals surface area contributed by atoms with Crippen molar-refractivity contribution in [3.63, 3.8) is 0 Å². The van der Waals surface area contributed by atoms with E-state index in [9.17, 15) is 9.90 Å². The highest BCUT2D eigenvalue weighted by Crippen LogP contribution is 2.19. The van der Waals surface area contributed by atoms with E-state index >= 15 is 0 Å². The molecule has 0 aliphatic carbocycles. The normalized spacial score (nSPS) is 21.4. The van der Waals surface area contributed by atoms with Crippen LogP contribution in [0.15, 0.2) is 48.8 Å². The van der Waals surface area contributed by atoms with E-state index in [1.165, 1.54) is 18.0 Å². The molecule has 3 rings (SSSR count). The molecule has 24 heavy (non-hydrogen) atoms. The van der Waals surface area contributed by atoms with Gasteiger partial charge in [0.1, 0.15) is 0 Å². The number of carbonyl (C=O) groups excluding carboxylic acids is 1. The van der Waals surface area contributed by atoms with Crippen LogP contribution in [0.1, 0.15) is 22.3 Å². The van der Waals surface area contributed by atoms with Gasteiger partial charge in [-0.2, -0.15) is 10.2 Å². The Morgan fingerprint density at radius 1 is 1.25 bits per heavy atom. The molecule has 1 aliphatic rings. The lowest BCUT2D eigenvalue weighted by atomic mass is 9.91. The number of hydrogen-bond acceptors (Lipinski definition) is 5. The molecule has 1 aliphatic heterocycles. The number of piperidine rings is 1. The Hall–Kier alpha value is -2.31. The highest BCUT2D eigenvalue weighted by atomic mass is 16.3. The minimum atomic E-state index is -0.171. The fraction of sp³-hybridized carbons (Fsp3) is 0.389. The maximum Gasteiger partial charge on any atom is 0.253 e. The number of amides is 1. The van der Waals surface area contributed by atoms with Gasteiger partial charge in [0.25, 0.3) is 5.91 Å². The Balaban J connectivity index is 1.64. The number of likely N-dealkylation sites (tertiary alicyclic amines) is 1. The Morgan fingerprint density at radius 3 is 2.79 bits per heavy atom. The summed E-state index contributed by atoms with van der Waals surface area (Å²) in [7, 11) is 0. The first-order valence-electron chi connectivity index (χ1n) is 8.21. The second-order valence-corrected chi connectivity index (χ2v) is 6.16. The fourth-order valence-electron chi connectivity index (χ4n) is 3.11. The zero-order valence-electron chi connectivity index (χ0n) is 13.5. The first kappa shape index (κ1) is 16.5. The van der Waals surface area contributed by atoms with Gasteiger partial charge in [-0.25, -0.2) is 0 Å². The highest BCUT2D eigenvalue weighted by Gasteiger charge is 2.30. The smallest absolute Gasteiger partial charge is 0.253 e. The van der Waals surface area contributed by atoms with Crippen molar-refractivity contribution in [1.82, 2.24) is 20.4 Å². The largest absolute Gasteiger partial charge is 0.396 e. The van der Waals surface area contributed by atoms with E-state index in [4.69, 9.17) is 0 Å². The highest BCUT2D eigenvalue weighted by molar-refractivity contribution is 5.93. The van der Waals surface area contributed by atoms with Crippen LogP contribution in [0, 0.1) is 5.92 Å². The summed E-state index contributed by atoms with van der Waals surface area (Å²) >= 11 is 0. The van der Waals surface area contributed by atoms with Crippen molar-refractivity contribution in [3.8, 4) is 0 Å². The van der Waals surface area contributed by atoms with Crippen molar-refractivity contribution >= 4 is 5.91 Å². The summed E-state index contributed by atoms with van der Waals surface area (Å²) in [6.45, 7) is 2.58. The van der Waals surface area contributed by atoms with Crippen molar-refractivity contribution in [2.45, 2.75) is 19.0 Å². The number of hydrogen-bond donors (Lipinski definition) is 2.